The lowest BCUT2D eigenvalue weighted by Gasteiger charge is -2.15. The number of nitrogens with one attached hydrogen (secondary N) is 2. The molecule has 2 aromatic carbocycles. The Morgan fingerprint density at radius 2 is 1.64 bits per heavy atom. The molecule has 2 N–H and O–H groups in total. The molecule has 2 amide bonds. The zero-order chi connectivity index (χ0) is 18.6. The SMILES string of the molecule is Cc1cc(C)cc(C(=O)NCC(=O)NC(C)c2ccc(F)c(F)c2)c1. The van der Waals surface area contributed by atoms with Gasteiger partial charge in [-0.05, 0) is 50.6 Å². The Labute approximate surface area is 145 Å². The van der Waals surface area contributed by atoms with Crippen molar-refractivity contribution in [3.63, 3.8) is 0 Å². The van der Waals surface area contributed by atoms with Gasteiger partial charge in [0.25, 0.3) is 5.91 Å². The second kappa shape index (κ2) is 7.88. The highest BCUT2D eigenvalue weighted by atomic mass is 19.2. The molecule has 0 spiro atoms. The number of rotatable bonds is 5. The number of aryl methyl sites for hydroxylation is 2. The highest BCUT2D eigenvalue weighted by molar-refractivity contribution is 5.96. The summed E-state index contributed by atoms with van der Waals surface area (Å²) in [6.07, 6.45) is 0. The summed E-state index contributed by atoms with van der Waals surface area (Å²) >= 11 is 0. The monoisotopic (exact) mass is 346 g/mol. The van der Waals surface area contributed by atoms with Gasteiger partial charge in [-0.2, -0.15) is 0 Å². The van der Waals surface area contributed by atoms with Crippen LogP contribution < -0.4 is 10.6 Å². The highest BCUT2D eigenvalue weighted by Crippen LogP contribution is 2.15. The minimum Gasteiger partial charge on any atom is -0.348 e. The molecule has 4 nitrogen and oxygen atoms in total. The van der Waals surface area contributed by atoms with Crippen LogP contribution >= 0.6 is 0 Å². The van der Waals surface area contributed by atoms with E-state index in [0.717, 1.165) is 23.3 Å². The number of carbonyl (C=O) groups excluding carboxylic acids is 2. The summed E-state index contributed by atoms with van der Waals surface area (Å²) < 4.78 is 26.2. The van der Waals surface area contributed by atoms with Crippen molar-refractivity contribution in [1.82, 2.24) is 10.6 Å². The minimum atomic E-state index is -0.971. The molecule has 0 aliphatic heterocycles. The first-order valence-corrected chi connectivity index (χ1v) is 7.87. The van der Waals surface area contributed by atoms with E-state index in [1.165, 1.54) is 6.07 Å². The van der Waals surface area contributed by atoms with Crippen molar-refractivity contribution in [2.24, 2.45) is 0 Å². The van der Waals surface area contributed by atoms with Crippen LogP contribution in [0.25, 0.3) is 0 Å². The van der Waals surface area contributed by atoms with Crippen LogP contribution in [0.2, 0.25) is 0 Å². The summed E-state index contributed by atoms with van der Waals surface area (Å²) in [5.41, 5.74) is 2.84. The normalized spacial score (nSPS) is 11.7. The van der Waals surface area contributed by atoms with E-state index in [0.29, 0.717) is 11.1 Å². The van der Waals surface area contributed by atoms with Gasteiger partial charge in [0, 0.05) is 5.56 Å². The van der Waals surface area contributed by atoms with E-state index in [1.54, 1.807) is 19.1 Å². The summed E-state index contributed by atoms with van der Waals surface area (Å²) in [6, 6.07) is 8.36. The van der Waals surface area contributed by atoms with Crippen LogP contribution in [0.5, 0.6) is 0 Å². The van der Waals surface area contributed by atoms with Crippen LogP contribution in [-0.2, 0) is 4.79 Å². The fraction of sp³-hybridized carbons (Fsp3) is 0.263. The molecule has 132 valence electrons. The third-order valence-corrected chi connectivity index (χ3v) is 3.71. The maximum Gasteiger partial charge on any atom is 0.251 e. The Hall–Kier alpha value is -2.76. The Kier molecular flexibility index (Phi) is 5.85. The molecule has 0 saturated heterocycles. The molecule has 0 aliphatic carbocycles. The lowest BCUT2D eigenvalue weighted by atomic mass is 10.1. The Balaban J connectivity index is 1.91. The minimum absolute atomic E-state index is 0.208. The van der Waals surface area contributed by atoms with Gasteiger partial charge >= 0.3 is 0 Å². The van der Waals surface area contributed by atoms with E-state index < -0.39 is 23.6 Å². The van der Waals surface area contributed by atoms with E-state index in [2.05, 4.69) is 10.6 Å². The van der Waals surface area contributed by atoms with Crippen molar-refractivity contribution in [1.29, 1.82) is 0 Å². The van der Waals surface area contributed by atoms with E-state index in [-0.39, 0.29) is 12.5 Å². The van der Waals surface area contributed by atoms with Crippen LogP contribution in [0.15, 0.2) is 36.4 Å². The standard InChI is InChI=1S/C19H20F2N2O2/c1-11-6-12(2)8-15(7-11)19(25)22-10-18(24)23-13(3)14-4-5-16(20)17(21)9-14/h4-9,13H,10H2,1-3H3,(H,22,25)(H,23,24). The summed E-state index contributed by atoms with van der Waals surface area (Å²) in [5.74, 6) is -2.68. The number of halogens is 2. The quantitative estimate of drug-likeness (QED) is 0.874. The van der Waals surface area contributed by atoms with E-state index >= 15 is 0 Å². The molecule has 25 heavy (non-hydrogen) atoms. The Morgan fingerprint density at radius 1 is 1.00 bits per heavy atom. The second-order valence-electron chi connectivity index (χ2n) is 6.02. The summed E-state index contributed by atoms with van der Waals surface area (Å²) in [4.78, 5) is 24.1. The largest absolute Gasteiger partial charge is 0.348 e. The zero-order valence-electron chi connectivity index (χ0n) is 14.3. The molecule has 0 fully saturated rings. The van der Waals surface area contributed by atoms with Crippen molar-refractivity contribution < 1.29 is 18.4 Å². The molecule has 0 bridgehead atoms. The zero-order valence-corrected chi connectivity index (χ0v) is 14.3. The van der Waals surface area contributed by atoms with Gasteiger partial charge in [0.05, 0.1) is 12.6 Å². The molecule has 0 radical (unpaired) electrons. The van der Waals surface area contributed by atoms with Gasteiger partial charge in [-0.15, -0.1) is 0 Å². The summed E-state index contributed by atoms with van der Waals surface area (Å²) in [6.45, 7) is 5.22. The smallest absolute Gasteiger partial charge is 0.251 e. The fourth-order valence-corrected chi connectivity index (χ4v) is 2.53. The molecule has 0 heterocycles. The third-order valence-electron chi connectivity index (χ3n) is 3.71. The molecule has 2 rings (SSSR count). The summed E-state index contributed by atoms with van der Waals surface area (Å²) in [5, 5.41) is 5.18. The first-order valence-electron chi connectivity index (χ1n) is 7.87. The van der Waals surface area contributed by atoms with Gasteiger partial charge in [0.2, 0.25) is 5.91 Å². The van der Waals surface area contributed by atoms with Crippen LogP contribution in [0.4, 0.5) is 8.78 Å². The molecular formula is C19H20F2N2O2. The maximum absolute atomic E-state index is 13.2. The maximum atomic E-state index is 13.2. The number of hydrogen-bond donors (Lipinski definition) is 2. The van der Waals surface area contributed by atoms with Crippen molar-refractivity contribution >= 4 is 11.8 Å². The lowest BCUT2D eigenvalue weighted by molar-refractivity contribution is -0.120. The van der Waals surface area contributed by atoms with Gasteiger partial charge in [-0.25, -0.2) is 8.78 Å². The van der Waals surface area contributed by atoms with Crippen LogP contribution in [0.1, 0.15) is 40.0 Å². The van der Waals surface area contributed by atoms with E-state index in [1.807, 2.05) is 19.9 Å². The number of hydrogen-bond acceptors (Lipinski definition) is 2. The Bertz CT molecular complexity index is 786. The highest BCUT2D eigenvalue weighted by Gasteiger charge is 2.13. The molecule has 0 aromatic heterocycles. The number of carbonyl (C=O) groups is 2. The first-order chi connectivity index (χ1) is 11.8. The molecule has 2 aromatic rings. The van der Waals surface area contributed by atoms with Crippen LogP contribution in [0.3, 0.4) is 0 Å². The van der Waals surface area contributed by atoms with E-state index in [9.17, 15) is 18.4 Å². The third kappa shape index (κ3) is 5.11. The second-order valence-corrected chi connectivity index (χ2v) is 6.02. The first kappa shape index (κ1) is 18.6. The van der Waals surface area contributed by atoms with Crippen LogP contribution in [0, 0.1) is 25.5 Å². The molecule has 0 saturated carbocycles. The molecule has 1 unspecified atom stereocenters. The van der Waals surface area contributed by atoms with Crippen molar-refractivity contribution in [2.45, 2.75) is 26.8 Å². The molecular weight excluding hydrogens is 326 g/mol. The van der Waals surface area contributed by atoms with Gasteiger partial charge in [-0.3, -0.25) is 9.59 Å². The van der Waals surface area contributed by atoms with Crippen LogP contribution in [-0.4, -0.2) is 18.4 Å². The predicted molar refractivity (Wildman–Crippen MR) is 91.2 cm³/mol. The molecule has 0 aliphatic rings. The molecule has 6 heteroatoms. The van der Waals surface area contributed by atoms with Gasteiger partial charge in [-0.1, -0.05) is 23.3 Å². The lowest BCUT2D eigenvalue weighted by Crippen LogP contribution is -2.38. The van der Waals surface area contributed by atoms with Crippen molar-refractivity contribution in [3.8, 4) is 0 Å². The van der Waals surface area contributed by atoms with Crippen molar-refractivity contribution in [3.05, 3.63) is 70.3 Å². The van der Waals surface area contributed by atoms with Gasteiger partial charge in [0.1, 0.15) is 0 Å². The average Bonchev–Trinajstić information content (AvgIpc) is 2.54. The van der Waals surface area contributed by atoms with Gasteiger partial charge < -0.3 is 10.6 Å². The molecule has 1 atom stereocenters. The fourth-order valence-electron chi connectivity index (χ4n) is 2.53. The predicted octanol–water partition coefficient (Wildman–Crippen LogP) is 3.19. The van der Waals surface area contributed by atoms with Gasteiger partial charge in [0.15, 0.2) is 11.6 Å². The number of benzene rings is 2. The Morgan fingerprint density at radius 3 is 2.24 bits per heavy atom. The van der Waals surface area contributed by atoms with Crippen molar-refractivity contribution in [2.75, 3.05) is 6.54 Å². The summed E-state index contributed by atoms with van der Waals surface area (Å²) in [7, 11) is 0. The topological polar surface area (TPSA) is 58.2 Å². The average molecular weight is 346 g/mol. The van der Waals surface area contributed by atoms with E-state index in [4.69, 9.17) is 0 Å². The number of amides is 2.